The van der Waals surface area contributed by atoms with Gasteiger partial charge in [-0.2, -0.15) is 0 Å². The first-order chi connectivity index (χ1) is 9.72. The van der Waals surface area contributed by atoms with Crippen LogP contribution in [0.4, 0.5) is 0 Å². The summed E-state index contributed by atoms with van der Waals surface area (Å²) in [6.45, 7) is 2.85. The van der Waals surface area contributed by atoms with Gasteiger partial charge in [-0.1, -0.05) is 42.6 Å². The van der Waals surface area contributed by atoms with Crippen molar-refractivity contribution in [1.29, 1.82) is 0 Å². The highest BCUT2D eigenvalue weighted by Crippen LogP contribution is 2.26. The van der Waals surface area contributed by atoms with E-state index in [1.807, 2.05) is 4.90 Å². The molecule has 1 aliphatic carbocycles. The monoisotopic (exact) mass is 312 g/mol. The minimum absolute atomic E-state index is 0.200. The molecular weight excluding hydrogens is 292 g/mol. The fourth-order valence-electron chi connectivity index (χ4n) is 2.72. The Morgan fingerprint density at radius 2 is 2.20 bits per heavy atom. The molecular formula is C15H21ClN2OS. The zero-order valence-corrected chi connectivity index (χ0v) is 13.4. The van der Waals surface area contributed by atoms with Crippen LogP contribution in [0.3, 0.4) is 0 Å². The average molecular weight is 313 g/mol. The van der Waals surface area contributed by atoms with Gasteiger partial charge >= 0.3 is 0 Å². The van der Waals surface area contributed by atoms with E-state index in [2.05, 4.69) is 11.9 Å². The molecule has 3 nitrogen and oxygen atoms in total. The molecule has 1 heterocycles. The predicted octanol–water partition coefficient (Wildman–Crippen LogP) is 4.01. The van der Waals surface area contributed by atoms with Crippen LogP contribution in [-0.2, 0) is 4.79 Å². The second-order valence-electron chi connectivity index (χ2n) is 5.05. The first-order valence-corrected chi connectivity index (χ1v) is 8.61. The highest BCUT2D eigenvalue weighted by atomic mass is 35.5. The zero-order chi connectivity index (χ0) is 14.4. The van der Waals surface area contributed by atoms with Gasteiger partial charge in [-0.05, 0) is 31.9 Å². The number of carbonyl (C=O) groups is 1. The third kappa shape index (κ3) is 4.13. The van der Waals surface area contributed by atoms with E-state index in [9.17, 15) is 4.79 Å². The Morgan fingerprint density at radius 3 is 2.85 bits per heavy atom. The summed E-state index contributed by atoms with van der Waals surface area (Å²) in [6, 6.07) is 4.04. The van der Waals surface area contributed by atoms with Crippen LogP contribution in [0.2, 0.25) is 5.02 Å². The fraction of sp³-hybridized carbons (Fsp3) is 0.600. The second kappa shape index (κ2) is 7.89. The SMILES string of the molecule is CCN(C(=O)CSc1ncccc1Cl)C1CCCCC1. The number of pyridine rings is 1. The summed E-state index contributed by atoms with van der Waals surface area (Å²) in [7, 11) is 0. The van der Waals surface area contributed by atoms with Gasteiger partial charge in [0.1, 0.15) is 5.03 Å². The summed E-state index contributed by atoms with van der Waals surface area (Å²) >= 11 is 7.49. The highest BCUT2D eigenvalue weighted by Gasteiger charge is 2.24. The van der Waals surface area contributed by atoms with Crippen LogP contribution in [0.5, 0.6) is 0 Å². The van der Waals surface area contributed by atoms with Gasteiger partial charge in [-0.25, -0.2) is 4.98 Å². The Hall–Kier alpha value is -0.740. The van der Waals surface area contributed by atoms with Crippen LogP contribution in [0, 0.1) is 0 Å². The molecule has 0 unspecified atom stereocenters. The minimum Gasteiger partial charge on any atom is -0.339 e. The number of hydrogen-bond acceptors (Lipinski definition) is 3. The summed E-state index contributed by atoms with van der Waals surface area (Å²) in [6.07, 6.45) is 7.79. The van der Waals surface area contributed by atoms with E-state index in [1.165, 1.54) is 31.0 Å². The number of amides is 1. The Labute approximate surface area is 130 Å². The smallest absolute Gasteiger partial charge is 0.233 e. The van der Waals surface area contributed by atoms with Gasteiger partial charge in [0.15, 0.2) is 0 Å². The first-order valence-electron chi connectivity index (χ1n) is 7.25. The summed E-state index contributed by atoms with van der Waals surface area (Å²) < 4.78 is 0. The van der Waals surface area contributed by atoms with E-state index in [0.717, 1.165) is 24.4 Å². The van der Waals surface area contributed by atoms with Gasteiger partial charge < -0.3 is 4.90 Å². The molecule has 1 fully saturated rings. The lowest BCUT2D eigenvalue weighted by molar-refractivity contribution is -0.131. The summed E-state index contributed by atoms with van der Waals surface area (Å²) in [5.74, 6) is 0.618. The van der Waals surface area contributed by atoms with Crippen molar-refractivity contribution < 1.29 is 4.79 Å². The topological polar surface area (TPSA) is 33.2 Å². The number of halogens is 1. The number of aromatic nitrogens is 1. The number of carbonyl (C=O) groups excluding carboxylic acids is 1. The minimum atomic E-state index is 0.200. The number of thioether (sulfide) groups is 1. The molecule has 110 valence electrons. The Bertz CT molecular complexity index is 449. The van der Waals surface area contributed by atoms with Crippen molar-refractivity contribution >= 4 is 29.3 Å². The molecule has 1 aromatic rings. The van der Waals surface area contributed by atoms with E-state index >= 15 is 0 Å². The lowest BCUT2D eigenvalue weighted by Crippen LogP contribution is -2.42. The van der Waals surface area contributed by atoms with Gasteiger partial charge in [0, 0.05) is 18.8 Å². The number of nitrogens with zero attached hydrogens (tertiary/aromatic N) is 2. The third-order valence-corrected chi connectivity index (χ3v) is 5.14. The van der Waals surface area contributed by atoms with Crippen molar-refractivity contribution in [2.75, 3.05) is 12.3 Å². The van der Waals surface area contributed by atoms with Crippen molar-refractivity contribution in [1.82, 2.24) is 9.88 Å². The molecule has 1 aromatic heterocycles. The molecule has 5 heteroatoms. The molecule has 1 aliphatic rings. The highest BCUT2D eigenvalue weighted by molar-refractivity contribution is 8.00. The van der Waals surface area contributed by atoms with E-state index in [0.29, 0.717) is 16.8 Å². The lowest BCUT2D eigenvalue weighted by Gasteiger charge is -2.33. The van der Waals surface area contributed by atoms with Crippen LogP contribution in [0.25, 0.3) is 0 Å². The number of rotatable bonds is 5. The maximum Gasteiger partial charge on any atom is 0.233 e. The molecule has 0 aliphatic heterocycles. The third-order valence-electron chi connectivity index (χ3n) is 3.73. The molecule has 0 saturated heterocycles. The molecule has 1 amide bonds. The quantitative estimate of drug-likeness (QED) is 0.770. The van der Waals surface area contributed by atoms with E-state index in [-0.39, 0.29) is 5.91 Å². The second-order valence-corrected chi connectivity index (χ2v) is 6.42. The lowest BCUT2D eigenvalue weighted by atomic mass is 9.94. The maximum atomic E-state index is 12.4. The predicted molar refractivity (Wildman–Crippen MR) is 84.2 cm³/mol. The van der Waals surface area contributed by atoms with Crippen molar-refractivity contribution in [3.05, 3.63) is 23.4 Å². The standard InChI is InChI=1S/C15H21ClN2OS/c1-2-18(12-7-4-3-5-8-12)14(19)11-20-15-13(16)9-6-10-17-15/h6,9-10,12H,2-5,7-8,11H2,1H3. The van der Waals surface area contributed by atoms with Gasteiger partial charge in [-0.3, -0.25) is 4.79 Å². The van der Waals surface area contributed by atoms with Crippen LogP contribution in [0.1, 0.15) is 39.0 Å². The molecule has 2 rings (SSSR count). The van der Waals surface area contributed by atoms with E-state index < -0.39 is 0 Å². The van der Waals surface area contributed by atoms with E-state index in [4.69, 9.17) is 11.6 Å². The summed E-state index contributed by atoms with van der Waals surface area (Å²) in [5, 5.41) is 1.35. The van der Waals surface area contributed by atoms with Crippen molar-refractivity contribution in [3.8, 4) is 0 Å². The average Bonchev–Trinajstić information content (AvgIpc) is 2.48. The van der Waals surface area contributed by atoms with Gasteiger partial charge in [0.2, 0.25) is 5.91 Å². The van der Waals surface area contributed by atoms with Crippen molar-refractivity contribution in [2.24, 2.45) is 0 Å². The molecule has 0 aromatic carbocycles. The molecule has 0 N–H and O–H groups in total. The number of hydrogen-bond donors (Lipinski definition) is 0. The van der Waals surface area contributed by atoms with Crippen LogP contribution in [0.15, 0.2) is 23.4 Å². The molecule has 0 radical (unpaired) electrons. The maximum absolute atomic E-state index is 12.4. The van der Waals surface area contributed by atoms with Crippen LogP contribution < -0.4 is 0 Å². The molecule has 0 atom stereocenters. The molecule has 0 spiro atoms. The fourth-order valence-corrected chi connectivity index (χ4v) is 3.77. The van der Waals surface area contributed by atoms with Crippen LogP contribution >= 0.6 is 23.4 Å². The Morgan fingerprint density at radius 1 is 1.45 bits per heavy atom. The van der Waals surface area contributed by atoms with E-state index in [1.54, 1.807) is 18.3 Å². The van der Waals surface area contributed by atoms with Crippen LogP contribution in [-0.4, -0.2) is 34.1 Å². The largest absolute Gasteiger partial charge is 0.339 e. The van der Waals surface area contributed by atoms with Gasteiger partial charge in [0.25, 0.3) is 0 Å². The summed E-state index contributed by atoms with van der Waals surface area (Å²) in [4.78, 5) is 18.6. The Kier molecular flexibility index (Phi) is 6.17. The van der Waals surface area contributed by atoms with Gasteiger partial charge in [0.05, 0.1) is 10.8 Å². The first kappa shape index (κ1) is 15.6. The molecule has 20 heavy (non-hydrogen) atoms. The summed E-state index contributed by atoms with van der Waals surface area (Å²) in [5.41, 5.74) is 0. The van der Waals surface area contributed by atoms with Gasteiger partial charge in [-0.15, -0.1) is 0 Å². The zero-order valence-electron chi connectivity index (χ0n) is 11.8. The Balaban J connectivity index is 1.90. The normalized spacial score (nSPS) is 16.1. The van der Waals surface area contributed by atoms with Crippen molar-refractivity contribution in [3.63, 3.8) is 0 Å². The van der Waals surface area contributed by atoms with Crippen molar-refractivity contribution in [2.45, 2.75) is 50.1 Å². The molecule has 1 saturated carbocycles. The molecule has 0 bridgehead atoms.